The third-order valence-electron chi connectivity index (χ3n) is 2.78. The number of likely N-dealkylation sites (tertiary alicyclic amines) is 1. The Labute approximate surface area is 110 Å². The first kappa shape index (κ1) is 12.8. The van der Waals surface area contributed by atoms with Gasteiger partial charge in [0.15, 0.2) is 5.16 Å². The molecule has 6 heteroatoms. The molecule has 18 heavy (non-hydrogen) atoms. The molecule has 1 aromatic rings. The third-order valence-corrected chi connectivity index (χ3v) is 3.63. The van der Waals surface area contributed by atoms with E-state index in [1.807, 2.05) is 11.0 Å². The Balaban J connectivity index is 1.86. The van der Waals surface area contributed by atoms with Gasteiger partial charge in [0.2, 0.25) is 5.91 Å². The van der Waals surface area contributed by atoms with Crippen LogP contribution in [0.2, 0.25) is 0 Å². The quantitative estimate of drug-likeness (QED) is 0.609. The van der Waals surface area contributed by atoms with Gasteiger partial charge in [0.05, 0.1) is 5.75 Å². The second-order valence-corrected chi connectivity index (χ2v) is 5.01. The van der Waals surface area contributed by atoms with E-state index in [1.54, 1.807) is 12.3 Å². The minimum Gasteiger partial charge on any atom is -0.342 e. The van der Waals surface area contributed by atoms with Crippen LogP contribution in [0.5, 0.6) is 0 Å². The first-order valence-electron chi connectivity index (χ1n) is 5.93. The number of thioether (sulfide) groups is 1. The minimum absolute atomic E-state index is 0.130. The molecule has 0 radical (unpaired) electrons. The Bertz CT molecular complexity index is 465. The van der Waals surface area contributed by atoms with Gasteiger partial charge >= 0.3 is 0 Å². The van der Waals surface area contributed by atoms with E-state index in [0.29, 0.717) is 16.6 Å². The van der Waals surface area contributed by atoms with E-state index in [2.05, 4.69) is 9.97 Å². The molecule has 1 aliphatic rings. The van der Waals surface area contributed by atoms with Gasteiger partial charge in [-0.25, -0.2) is 9.97 Å². The van der Waals surface area contributed by atoms with E-state index in [0.717, 1.165) is 25.9 Å². The van der Waals surface area contributed by atoms with E-state index in [1.165, 1.54) is 18.2 Å². The van der Waals surface area contributed by atoms with Gasteiger partial charge in [-0.05, 0) is 25.3 Å². The zero-order chi connectivity index (χ0) is 12.8. The number of amides is 1. The molecule has 1 amide bonds. The second-order valence-electron chi connectivity index (χ2n) is 4.07. The lowest BCUT2D eigenvalue weighted by Crippen LogP contribution is -2.36. The van der Waals surface area contributed by atoms with Crippen molar-refractivity contribution in [3.63, 3.8) is 0 Å². The maximum atomic E-state index is 11.9. The maximum absolute atomic E-state index is 11.9. The van der Waals surface area contributed by atoms with Crippen LogP contribution in [0.1, 0.15) is 25.0 Å². The summed E-state index contributed by atoms with van der Waals surface area (Å²) in [4.78, 5) is 21.9. The Morgan fingerprint density at radius 1 is 1.44 bits per heavy atom. The van der Waals surface area contributed by atoms with Crippen molar-refractivity contribution in [1.29, 1.82) is 5.26 Å². The van der Waals surface area contributed by atoms with Gasteiger partial charge in [-0.1, -0.05) is 11.8 Å². The van der Waals surface area contributed by atoms with E-state index in [9.17, 15) is 4.79 Å². The van der Waals surface area contributed by atoms with E-state index in [4.69, 9.17) is 5.26 Å². The van der Waals surface area contributed by atoms with Crippen molar-refractivity contribution in [2.24, 2.45) is 0 Å². The van der Waals surface area contributed by atoms with Crippen molar-refractivity contribution in [1.82, 2.24) is 14.9 Å². The maximum Gasteiger partial charge on any atom is 0.233 e. The van der Waals surface area contributed by atoms with Crippen molar-refractivity contribution in [2.75, 3.05) is 18.8 Å². The largest absolute Gasteiger partial charge is 0.342 e. The molecule has 2 heterocycles. The van der Waals surface area contributed by atoms with E-state index >= 15 is 0 Å². The monoisotopic (exact) mass is 262 g/mol. The number of carbonyl (C=O) groups excluding carboxylic acids is 1. The molecule has 0 N–H and O–H groups in total. The zero-order valence-corrected chi connectivity index (χ0v) is 10.8. The summed E-state index contributed by atoms with van der Waals surface area (Å²) in [6, 6.07) is 3.51. The molecule has 0 saturated carbocycles. The summed E-state index contributed by atoms with van der Waals surface area (Å²) < 4.78 is 0. The van der Waals surface area contributed by atoms with E-state index in [-0.39, 0.29) is 5.91 Å². The zero-order valence-electron chi connectivity index (χ0n) is 10.0. The highest BCUT2D eigenvalue weighted by molar-refractivity contribution is 7.99. The summed E-state index contributed by atoms with van der Waals surface area (Å²) in [6.07, 6.45) is 4.94. The summed E-state index contributed by atoms with van der Waals surface area (Å²) in [7, 11) is 0. The predicted octanol–water partition coefficient (Wildman–Crippen LogP) is 1.45. The Hall–Kier alpha value is -1.61. The van der Waals surface area contributed by atoms with Crippen LogP contribution in [-0.4, -0.2) is 39.6 Å². The van der Waals surface area contributed by atoms with Gasteiger partial charge in [-0.15, -0.1) is 0 Å². The summed E-state index contributed by atoms with van der Waals surface area (Å²) in [5.41, 5.74) is 0.331. The van der Waals surface area contributed by atoms with Crippen LogP contribution in [0.3, 0.4) is 0 Å². The molecular weight excluding hydrogens is 248 g/mol. The topological polar surface area (TPSA) is 69.9 Å². The highest BCUT2D eigenvalue weighted by atomic mass is 32.2. The molecule has 5 nitrogen and oxygen atoms in total. The Morgan fingerprint density at radius 2 is 2.22 bits per heavy atom. The lowest BCUT2D eigenvalue weighted by molar-refractivity contribution is -0.129. The minimum atomic E-state index is 0.130. The molecular formula is C12H14N4OS. The number of piperidine rings is 1. The fourth-order valence-electron chi connectivity index (χ4n) is 1.83. The normalized spacial score (nSPS) is 15.2. The molecule has 1 aromatic heterocycles. The highest BCUT2D eigenvalue weighted by Gasteiger charge is 2.16. The van der Waals surface area contributed by atoms with Crippen molar-refractivity contribution in [2.45, 2.75) is 24.4 Å². The van der Waals surface area contributed by atoms with Gasteiger partial charge < -0.3 is 4.90 Å². The molecule has 1 fully saturated rings. The average Bonchev–Trinajstić information content (AvgIpc) is 2.46. The molecule has 0 unspecified atom stereocenters. The smallest absolute Gasteiger partial charge is 0.233 e. The standard InChI is InChI=1S/C12H14N4OS/c13-8-10-4-5-14-12(15-10)18-9-11(17)16-6-2-1-3-7-16/h4-5H,1-3,6-7,9H2. The van der Waals surface area contributed by atoms with Crippen LogP contribution >= 0.6 is 11.8 Å². The van der Waals surface area contributed by atoms with Crippen LogP contribution in [0, 0.1) is 11.3 Å². The van der Waals surface area contributed by atoms with Crippen LogP contribution in [-0.2, 0) is 4.79 Å². The number of nitriles is 1. The predicted molar refractivity (Wildman–Crippen MR) is 67.9 cm³/mol. The Kier molecular flexibility index (Phi) is 4.53. The molecule has 0 bridgehead atoms. The summed E-state index contributed by atoms with van der Waals surface area (Å²) >= 11 is 1.29. The molecule has 0 aliphatic carbocycles. The molecule has 0 spiro atoms. The SMILES string of the molecule is N#Cc1ccnc(SCC(=O)N2CCCCC2)n1. The number of nitrogens with zero attached hydrogens (tertiary/aromatic N) is 4. The fourth-order valence-corrected chi connectivity index (χ4v) is 2.57. The van der Waals surface area contributed by atoms with Crippen molar-refractivity contribution in [3.05, 3.63) is 18.0 Å². The fraction of sp³-hybridized carbons (Fsp3) is 0.500. The van der Waals surface area contributed by atoms with Gasteiger partial charge in [0, 0.05) is 19.3 Å². The third kappa shape index (κ3) is 3.44. The molecule has 0 aromatic carbocycles. The van der Waals surface area contributed by atoms with Gasteiger partial charge in [0.1, 0.15) is 11.8 Å². The van der Waals surface area contributed by atoms with Crippen LogP contribution < -0.4 is 0 Å². The lowest BCUT2D eigenvalue weighted by Gasteiger charge is -2.26. The van der Waals surface area contributed by atoms with E-state index < -0.39 is 0 Å². The number of carbonyl (C=O) groups is 1. The van der Waals surface area contributed by atoms with Gasteiger partial charge in [-0.2, -0.15) is 5.26 Å². The first-order valence-corrected chi connectivity index (χ1v) is 6.92. The van der Waals surface area contributed by atoms with Gasteiger partial charge in [0.25, 0.3) is 0 Å². The summed E-state index contributed by atoms with van der Waals surface area (Å²) in [6.45, 7) is 1.72. The first-order chi connectivity index (χ1) is 8.79. The number of rotatable bonds is 3. The molecule has 0 atom stereocenters. The molecule has 1 aliphatic heterocycles. The van der Waals surface area contributed by atoms with Crippen molar-refractivity contribution in [3.8, 4) is 6.07 Å². The van der Waals surface area contributed by atoms with Crippen LogP contribution in [0.25, 0.3) is 0 Å². The van der Waals surface area contributed by atoms with Crippen LogP contribution in [0.4, 0.5) is 0 Å². The number of hydrogen-bond donors (Lipinski definition) is 0. The molecule has 2 rings (SSSR count). The lowest BCUT2D eigenvalue weighted by atomic mass is 10.1. The summed E-state index contributed by atoms with van der Waals surface area (Å²) in [5.74, 6) is 0.472. The van der Waals surface area contributed by atoms with Crippen molar-refractivity contribution >= 4 is 17.7 Å². The number of aromatic nitrogens is 2. The second kappa shape index (κ2) is 6.36. The Morgan fingerprint density at radius 3 is 2.94 bits per heavy atom. The average molecular weight is 262 g/mol. The summed E-state index contributed by atoms with van der Waals surface area (Å²) in [5, 5.41) is 9.20. The molecule has 1 saturated heterocycles. The number of hydrogen-bond acceptors (Lipinski definition) is 5. The highest BCUT2D eigenvalue weighted by Crippen LogP contribution is 2.15. The van der Waals surface area contributed by atoms with Crippen molar-refractivity contribution < 1.29 is 4.79 Å². The van der Waals surface area contributed by atoms with Gasteiger partial charge in [-0.3, -0.25) is 4.79 Å². The van der Waals surface area contributed by atoms with Crippen LogP contribution in [0.15, 0.2) is 17.4 Å². The molecule has 94 valence electrons.